The molecule has 0 amide bonds. The van der Waals surface area contributed by atoms with E-state index in [1.165, 1.54) is 31.4 Å². The molecule has 1 N–H and O–H groups in total. The number of aliphatic hydroxyl groups is 1. The maximum atomic E-state index is 14.6. The van der Waals surface area contributed by atoms with Crippen LogP contribution in [0.4, 0.5) is 13.2 Å². The zero-order chi connectivity index (χ0) is 26.2. The molecule has 0 aliphatic heterocycles. The summed E-state index contributed by atoms with van der Waals surface area (Å²) >= 11 is 0. The predicted molar refractivity (Wildman–Crippen MR) is 126 cm³/mol. The Labute approximate surface area is 204 Å². The minimum absolute atomic E-state index is 0.0188. The summed E-state index contributed by atoms with van der Waals surface area (Å²) in [7, 11) is 0. The van der Waals surface area contributed by atoms with Gasteiger partial charge in [0.1, 0.15) is 35.4 Å². The topological polar surface area (TPSA) is 90.1 Å². The molecule has 0 unspecified atom stereocenters. The molecule has 0 saturated heterocycles. The van der Waals surface area contributed by atoms with Crippen molar-refractivity contribution >= 4 is 0 Å². The van der Waals surface area contributed by atoms with Crippen LogP contribution in [-0.2, 0) is 12.2 Å². The Kier molecular flexibility index (Phi) is 6.64. The second-order valence-corrected chi connectivity index (χ2v) is 8.75. The molecule has 0 bridgehead atoms. The Hall–Kier alpha value is -4.05. The first-order valence-electron chi connectivity index (χ1n) is 11.0. The average molecular weight is 496 g/mol. The minimum Gasteiger partial charge on any atom is -0.472 e. The van der Waals surface area contributed by atoms with Gasteiger partial charge in [0.15, 0.2) is 11.6 Å². The van der Waals surface area contributed by atoms with Crippen LogP contribution in [0.25, 0.3) is 16.9 Å². The van der Waals surface area contributed by atoms with Gasteiger partial charge in [-0.25, -0.2) is 23.1 Å². The molecule has 0 aliphatic carbocycles. The number of nitrogens with zero attached hydrogens (tertiary/aromatic N) is 4. The van der Waals surface area contributed by atoms with Gasteiger partial charge in [-0.05, 0) is 52.0 Å². The third kappa shape index (κ3) is 4.99. The minimum atomic E-state index is -1.37. The van der Waals surface area contributed by atoms with E-state index in [9.17, 15) is 23.1 Å². The highest BCUT2D eigenvalue weighted by molar-refractivity contribution is 5.63. The zero-order valence-electron chi connectivity index (χ0n) is 20.0. The predicted octanol–water partition coefficient (Wildman–Crippen LogP) is 4.53. The second-order valence-electron chi connectivity index (χ2n) is 8.75. The van der Waals surface area contributed by atoms with Crippen molar-refractivity contribution in [3.63, 3.8) is 0 Å². The lowest BCUT2D eigenvalue weighted by molar-refractivity contribution is 0.0686. The quantitative estimate of drug-likeness (QED) is 0.422. The Morgan fingerprint density at radius 1 is 1.03 bits per heavy atom. The lowest BCUT2D eigenvalue weighted by Gasteiger charge is -2.17. The standard InChI is InChI=1S/C26H23F3N4O3/c1-14-23(36-13-17-8-9-18(27)11-20(17)28)31-15(2)33(24(14)34)19-7-5-6-16(10-19)22-21(29)12-30-25(32-22)26(3,4)35/h5-12,35H,13H2,1-4H3. The summed E-state index contributed by atoms with van der Waals surface area (Å²) in [5.41, 5.74) is -0.773. The number of hydrogen-bond acceptors (Lipinski definition) is 6. The molecule has 0 saturated carbocycles. The highest BCUT2D eigenvalue weighted by Gasteiger charge is 2.22. The van der Waals surface area contributed by atoms with Crippen molar-refractivity contribution in [1.82, 2.24) is 19.5 Å². The lowest BCUT2D eigenvalue weighted by Crippen LogP contribution is -2.25. The van der Waals surface area contributed by atoms with Crippen LogP contribution in [0.5, 0.6) is 5.88 Å². The molecule has 0 fully saturated rings. The Balaban J connectivity index is 1.70. The van der Waals surface area contributed by atoms with Crippen molar-refractivity contribution in [2.24, 2.45) is 0 Å². The Morgan fingerprint density at radius 3 is 2.47 bits per heavy atom. The first-order valence-corrected chi connectivity index (χ1v) is 11.0. The highest BCUT2D eigenvalue weighted by atomic mass is 19.1. The molecule has 36 heavy (non-hydrogen) atoms. The van der Waals surface area contributed by atoms with Gasteiger partial charge >= 0.3 is 0 Å². The number of rotatable bonds is 6. The maximum Gasteiger partial charge on any atom is 0.264 e. The second kappa shape index (κ2) is 9.54. The van der Waals surface area contributed by atoms with Gasteiger partial charge in [-0.15, -0.1) is 0 Å². The SMILES string of the molecule is Cc1c(OCc2ccc(F)cc2F)nc(C)n(-c2cccc(-c3nc(C(C)(C)O)ncc3F)c2)c1=O. The molecule has 2 aromatic carbocycles. The van der Waals surface area contributed by atoms with E-state index in [2.05, 4.69) is 15.0 Å². The van der Waals surface area contributed by atoms with Gasteiger partial charge < -0.3 is 9.84 Å². The molecule has 0 aliphatic rings. The monoisotopic (exact) mass is 496 g/mol. The van der Waals surface area contributed by atoms with Gasteiger partial charge in [0.2, 0.25) is 5.88 Å². The first kappa shape index (κ1) is 25.1. The number of ether oxygens (including phenoxy) is 1. The summed E-state index contributed by atoms with van der Waals surface area (Å²) < 4.78 is 48.6. The molecule has 10 heteroatoms. The van der Waals surface area contributed by atoms with E-state index < -0.39 is 28.6 Å². The fourth-order valence-electron chi connectivity index (χ4n) is 3.57. The van der Waals surface area contributed by atoms with Crippen molar-refractivity contribution in [3.8, 4) is 22.8 Å². The third-order valence-corrected chi connectivity index (χ3v) is 5.48. The third-order valence-electron chi connectivity index (χ3n) is 5.48. The summed E-state index contributed by atoms with van der Waals surface area (Å²) in [5, 5.41) is 10.2. The highest BCUT2D eigenvalue weighted by Crippen LogP contribution is 2.26. The van der Waals surface area contributed by atoms with E-state index in [-0.39, 0.29) is 41.0 Å². The van der Waals surface area contributed by atoms with Crippen LogP contribution < -0.4 is 10.3 Å². The van der Waals surface area contributed by atoms with E-state index in [1.807, 2.05) is 0 Å². The van der Waals surface area contributed by atoms with E-state index in [0.717, 1.165) is 18.3 Å². The summed E-state index contributed by atoms with van der Waals surface area (Å²) in [4.78, 5) is 25.6. The van der Waals surface area contributed by atoms with E-state index in [0.29, 0.717) is 11.3 Å². The van der Waals surface area contributed by atoms with Gasteiger partial charge in [-0.1, -0.05) is 12.1 Å². The molecule has 0 spiro atoms. The fraction of sp³-hybridized carbons (Fsp3) is 0.231. The Bertz CT molecular complexity index is 1510. The van der Waals surface area contributed by atoms with E-state index >= 15 is 0 Å². The molecule has 4 aromatic rings. The van der Waals surface area contributed by atoms with Gasteiger partial charge in [0.05, 0.1) is 17.4 Å². The summed E-state index contributed by atoms with van der Waals surface area (Å²) in [6.07, 6.45) is 0.988. The van der Waals surface area contributed by atoms with Crippen molar-refractivity contribution in [2.45, 2.75) is 39.9 Å². The molecule has 186 valence electrons. The Morgan fingerprint density at radius 2 is 1.78 bits per heavy atom. The summed E-state index contributed by atoms with van der Waals surface area (Å²) in [5.74, 6) is -1.81. The van der Waals surface area contributed by atoms with Crippen LogP contribution >= 0.6 is 0 Å². The smallest absolute Gasteiger partial charge is 0.264 e. The van der Waals surface area contributed by atoms with Crippen LogP contribution in [0.3, 0.4) is 0 Å². The van der Waals surface area contributed by atoms with Crippen LogP contribution in [0, 0.1) is 31.3 Å². The van der Waals surface area contributed by atoms with Crippen molar-refractivity contribution in [2.75, 3.05) is 0 Å². The number of aromatic nitrogens is 4. The molecular formula is C26H23F3N4O3. The molecule has 4 rings (SSSR count). The molecule has 0 atom stereocenters. The summed E-state index contributed by atoms with van der Waals surface area (Å²) in [6.45, 7) is 5.86. The van der Waals surface area contributed by atoms with Gasteiger partial charge in [-0.3, -0.25) is 9.36 Å². The van der Waals surface area contributed by atoms with E-state index in [4.69, 9.17) is 4.74 Å². The average Bonchev–Trinajstić information content (AvgIpc) is 2.81. The molecule has 2 aromatic heterocycles. The van der Waals surface area contributed by atoms with Gasteiger partial charge in [-0.2, -0.15) is 4.98 Å². The van der Waals surface area contributed by atoms with E-state index in [1.54, 1.807) is 31.2 Å². The first-order chi connectivity index (χ1) is 17.0. The van der Waals surface area contributed by atoms with Crippen molar-refractivity contribution in [1.29, 1.82) is 0 Å². The number of benzene rings is 2. The van der Waals surface area contributed by atoms with Crippen LogP contribution in [0.15, 0.2) is 53.5 Å². The van der Waals surface area contributed by atoms with Crippen LogP contribution in [0.2, 0.25) is 0 Å². The summed E-state index contributed by atoms with van der Waals surface area (Å²) in [6, 6.07) is 9.61. The number of halogens is 3. The molecule has 7 nitrogen and oxygen atoms in total. The van der Waals surface area contributed by atoms with Gasteiger partial charge in [0.25, 0.3) is 5.56 Å². The van der Waals surface area contributed by atoms with Crippen LogP contribution in [-0.4, -0.2) is 24.6 Å². The van der Waals surface area contributed by atoms with Crippen molar-refractivity contribution < 1.29 is 23.0 Å². The fourth-order valence-corrected chi connectivity index (χ4v) is 3.57. The number of hydrogen-bond donors (Lipinski definition) is 1. The maximum absolute atomic E-state index is 14.6. The van der Waals surface area contributed by atoms with Crippen molar-refractivity contribution in [3.05, 3.63) is 99.2 Å². The molecule has 2 heterocycles. The molecular weight excluding hydrogens is 473 g/mol. The van der Waals surface area contributed by atoms with Crippen LogP contribution in [0.1, 0.15) is 36.6 Å². The molecule has 0 radical (unpaired) electrons. The largest absolute Gasteiger partial charge is 0.472 e. The zero-order valence-corrected chi connectivity index (χ0v) is 20.0. The number of aryl methyl sites for hydroxylation is 1. The lowest BCUT2D eigenvalue weighted by atomic mass is 10.1. The normalized spacial score (nSPS) is 11.6. The van der Waals surface area contributed by atoms with Gasteiger partial charge in [0, 0.05) is 17.2 Å².